The minimum absolute atomic E-state index is 0.392. The normalized spacial score (nSPS) is 10.7. The maximum Gasteiger partial charge on any atom is 0.340 e. The van der Waals surface area contributed by atoms with Crippen LogP contribution in [0, 0.1) is 0 Å². The van der Waals surface area contributed by atoms with Gasteiger partial charge in [-0.05, 0) is 30.3 Å². The van der Waals surface area contributed by atoms with E-state index in [0.717, 1.165) is 11.1 Å². The molecule has 5 heteroatoms. The Labute approximate surface area is 120 Å². The lowest BCUT2D eigenvalue weighted by atomic mass is 10.1. The maximum atomic E-state index is 11.7. The number of carbonyl (C=O) groups is 1. The summed E-state index contributed by atoms with van der Waals surface area (Å²) in [6, 6.07) is 12.7. The molecular formula is C15H11ClN2O2. The SMILES string of the molecule is COC(=O)c1cccc2cn(-c3ccc(Cl)cc3)nc12. The number of ether oxygens (including phenoxy) is 1. The number of nitrogens with zero attached hydrogens (tertiary/aromatic N) is 2. The summed E-state index contributed by atoms with van der Waals surface area (Å²) in [6.45, 7) is 0. The minimum Gasteiger partial charge on any atom is -0.465 e. The van der Waals surface area contributed by atoms with E-state index in [2.05, 4.69) is 5.10 Å². The second-order valence-corrected chi connectivity index (χ2v) is 4.72. The molecule has 2 aromatic carbocycles. The van der Waals surface area contributed by atoms with Crippen LogP contribution in [0.25, 0.3) is 16.6 Å². The molecule has 1 heterocycles. The van der Waals surface area contributed by atoms with Crippen molar-refractivity contribution in [3.05, 3.63) is 59.2 Å². The number of aromatic nitrogens is 2. The zero-order chi connectivity index (χ0) is 14.1. The fourth-order valence-corrected chi connectivity index (χ4v) is 2.17. The summed E-state index contributed by atoms with van der Waals surface area (Å²) in [5.41, 5.74) is 1.95. The fraction of sp³-hybridized carbons (Fsp3) is 0.0667. The van der Waals surface area contributed by atoms with Gasteiger partial charge in [-0.25, -0.2) is 9.48 Å². The summed E-state index contributed by atoms with van der Waals surface area (Å²) in [7, 11) is 1.36. The molecule has 0 atom stereocenters. The highest BCUT2D eigenvalue weighted by Crippen LogP contribution is 2.21. The molecule has 0 aliphatic rings. The highest BCUT2D eigenvalue weighted by molar-refractivity contribution is 6.30. The monoisotopic (exact) mass is 286 g/mol. The van der Waals surface area contributed by atoms with Gasteiger partial charge in [-0.15, -0.1) is 0 Å². The molecule has 0 saturated heterocycles. The van der Waals surface area contributed by atoms with Crippen molar-refractivity contribution in [3.8, 4) is 5.69 Å². The third-order valence-corrected chi connectivity index (χ3v) is 3.28. The van der Waals surface area contributed by atoms with Gasteiger partial charge in [-0.2, -0.15) is 5.10 Å². The second-order valence-electron chi connectivity index (χ2n) is 4.29. The predicted molar refractivity (Wildman–Crippen MR) is 77.4 cm³/mol. The Morgan fingerprint density at radius 2 is 1.95 bits per heavy atom. The van der Waals surface area contributed by atoms with E-state index >= 15 is 0 Å². The van der Waals surface area contributed by atoms with E-state index in [1.54, 1.807) is 22.9 Å². The van der Waals surface area contributed by atoms with Crippen molar-refractivity contribution >= 4 is 28.5 Å². The molecule has 0 aliphatic heterocycles. The van der Waals surface area contributed by atoms with Crippen molar-refractivity contribution in [2.45, 2.75) is 0 Å². The minimum atomic E-state index is -0.392. The Morgan fingerprint density at radius 3 is 2.65 bits per heavy atom. The first kappa shape index (κ1) is 12.7. The van der Waals surface area contributed by atoms with Crippen molar-refractivity contribution < 1.29 is 9.53 Å². The van der Waals surface area contributed by atoms with Crippen LogP contribution in [0.1, 0.15) is 10.4 Å². The molecule has 0 saturated carbocycles. The summed E-state index contributed by atoms with van der Waals surface area (Å²) in [5.74, 6) is -0.392. The Morgan fingerprint density at radius 1 is 1.20 bits per heavy atom. The Balaban J connectivity index is 2.15. The molecule has 3 aromatic rings. The number of benzene rings is 2. The van der Waals surface area contributed by atoms with Gasteiger partial charge in [0.1, 0.15) is 5.52 Å². The number of methoxy groups -OCH3 is 1. The Kier molecular flexibility index (Phi) is 3.16. The van der Waals surface area contributed by atoms with Gasteiger partial charge < -0.3 is 4.74 Å². The van der Waals surface area contributed by atoms with E-state index in [-0.39, 0.29) is 0 Å². The Hall–Kier alpha value is -2.33. The van der Waals surface area contributed by atoms with E-state index in [1.807, 2.05) is 30.5 Å². The average molecular weight is 287 g/mol. The van der Waals surface area contributed by atoms with Crippen LogP contribution in [0.4, 0.5) is 0 Å². The highest BCUT2D eigenvalue weighted by atomic mass is 35.5. The number of fused-ring (bicyclic) bond motifs is 1. The van der Waals surface area contributed by atoms with Crippen molar-refractivity contribution in [1.29, 1.82) is 0 Å². The quantitative estimate of drug-likeness (QED) is 0.678. The van der Waals surface area contributed by atoms with Crippen LogP contribution in [-0.4, -0.2) is 22.9 Å². The zero-order valence-electron chi connectivity index (χ0n) is 10.7. The maximum absolute atomic E-state index is 11.7. The van der Waals surface area contributed by atoms with E-state index in [0.29, 0.717) is 16.1 Å². The summed E-state index contributed by atoms with van der Waals surface area (Å²) < 4.78 is 6.49. The Bertz CT molecular complexity index is 778. The lowest BCUT2D eigenvalue weighted by Gasteiger charge is -2.00. The van der Waals surface area contributed by atoms with E-state index in [4.69, 9.17) is 16.3 Å². The van der Waals surface area contributed by atoms with E-state index < -0.39 is 5.97 Å². The number of hydrogen-bond donors (Lipinski definition) is 0. The van der Waals surface area contributed by atoms with Gasteiger partial charge in [-0.1, -0.05) is 23.7 Å². The molecule has 0 amide bonds. The van der Waals surface area contributed by atoms with Crippen molar-refractivity contribution in [2.24, 2.45) is 0 Å². The molecule has 0 spiro atoms. The third kappa shape index (κ3) is 2.14. The van der Waals surface area contributed by atoms with Crippen LogP contribution in [0.15, 0.2) is 48.7 Å². The average Bonchev–Trinajstić information content (AvgIpc) is 2.91. The topological polar surface area (TPSA) is 44.1 Å². The first-order valence-electron chi connectivity index (χ1n) is 6.01. The van der Waals surface area contributed by atoms with Crippen molar-refractivity contribution in [1.82, 2.24) is 9.78 Å². The first-order chi connectivity index (χ1) is 9.69. The van der Waals surface area contributed by atoms with Crippen LogP contribution in [0.3, 0.4) is 0 Å². The number of carbonyl (C=O) groups excluding carboxylic acids is 1. The molecule has 0 aliphatic carbocycles. The molecule has 3 rings (SSSR count). The van der Waals surface area contributed by atoms with E-state index in [1.165, 1.54) is 7.11 Å². The van der Waals surface area contributed by atoms with Crippen LogP contribution in [0.5, 0.6) is 0 Å². The molecule has 0 N–H and O–H groups in total. The van der Waals surface area contributed by atoms with Gasteiger partial charge in [0.15, 0.2) is 0 Å². The third-order valence-electron chi connectivity index (χ3n) is 3.03. The summed E-state index contributed by atoms with van der Waals surface area (Å²) in [6.07, 6.45) is 1.87. The summed E-state index contributed by atoms with van der Waals surface area (Å²) >= 11 is 5.87. The van der Waals surface area contributed by atoms with Gasteiger partial charge in [-0.3, -0.25) is 0 Å². The molecular weight excluding hydrogens is 276 g/mol. The molecule has 4 nitrogen and oxygen atoms in total. The van der Waals surface area contributed by atoms with Crippen molar-refractivity contribution in [2.75, 3.05) is 7.11 Å². The highest BCUT2D eigenvalue weighted by Gasteiger charge is 2.13. The fourth-order valence-electron chi connectivity index (χ4n) is 2.05. The second kappa shape index (κ2) is 4.98. The van der Waals surface area contributed by atoms with Gasteiger partial charge in [0, 0.05) is 16.6 Å². The lowest BCUT2D eigenvalue weighted by Crippen LogP contribution is -2.02. The summed E-state index contributed by atoms with van der Waals surface area (Å²) in [5, 5.41) is 6.00. The van der Waals surface area contributed by atoms with Gasteiger partial charge in [0.25, 0.3) is 0 Å². The predicted octanol–water partition coefficient (Wildman–Crippen LogP) is 3.47. The number of halogens is 1. The van der Waals surface area contributed by atoms with Crippen LogP contribution in [0.2, 0.25) is 5.02 Å². The standard InChI is InChI=1S/C15H11ClN2O2/c1-20-15(19)13-4-2-3-10-9-18(17-14(10)13)12-7-5-11(16)6-8-12/h2-9H,1H3. The molecule has 0 bridgehead atoms. The molecule has 0 fully saturated rings. The van der Waals surface area contributed by atoms with Gasteiger partial charge in [0.05, 0.1) is 18.4 Å². The molecule has 20 heavy (non-hydrogen) atoms. The van der Waals surface area contributed by atoms with Crippen LogP contribution < -0.4 is 0 Å². The first-order valence-corrected chi connectivity index (χ1v) is 6.39. The van der Waals surface area contributed by atoms with Crippen molar-refractivity contribution in [3.63, 3.8) is 0 Å². The number of rotatable bonds is 2. The largest absolute Gasteiger partial charge is 0.465 e. The summed E-state index contributed by atoms with van der Waals surface area (Å²) in [4.78, 5) is 11.7. The molecule has 1 aromatic heterocycles. The lowest BCUT2D eigenvalue weighted by molar-refractivity contribution is 0.0602. The van der Waals surface area contributed by atoms with Crippen LogP contribution >= 0.6 is 11.6 Å². The van der Waals surface area contributed by atoms with E-state index in [9.17, 15) is 4.79 Å². The van der Waals surface area contributed by atoms with Crippen LogP contribution in [-0.2, 0) is 4.74 Å². The van der Waals surface area contributed by atoms with Gasteiger partial charge in [0.2, 0.25) is 0 Å². The number of hydrogen-bond acceptors (Lipinski definition) is 3. The smallest absolute Gasteiger partial charge is 0.340 e. The van der Waals surface area contributed by atoms with Gasteiger partial charge >= 0.3 is 5.97 Å². The molecule has 0 unspecified atom stereocenters. The molecule has 0 radical (unpaired) electrons. The number of esters is 1. The zero-order valence-corrected chi connectivity index (χ0v) is 11.5. The molecule has 100 valence electrons.